The van der Waals surface area contributed by atoms with Gasteiger partial charge in [0.05, 0.1) is 6.42 Å². The Morgan fingerprint density at radius 3 is 2.29 bits per heavy atom. The van der Waals surface area contributed by atoms with Crippen LogP contribution in [0.4, 0.5) is 5.69 Å². The van der Waals surface area contributed by atoms with E-state index in [4.69, 9.17) is 4.74 Å². The molecule has 1 unspecified atom stereocenters. The number of hydrogen-bond acceptors (Lipinski definition) is 5. The molecule has 0 radical (unpaired) electrons. The standard InChI is InChI=1S/C27H20N2O5/c1-15(34-24(30)12-16-14-28-23-9-5-4-6-18(16)23)27(33)29-17-10-11-21-22(13-17)26(32)20-8-3-2-7-19(20)25(21)31/h2-11,13-15,28H,12H2,1H3,(H,29,33). The summed E-state index contributed by atoms with van der Waals surface area (Å²) in [6, 6.07) is 18.8. The van der Waals surface area contributed by atoms with Crippen molar-refractivity contribution in [1.29, 1.82) is 0 Å². The molecule has 1 aliphatic rings. The number of amides is 1. The number of rotatable bonds is 5. The smallest absolute Gasteiger partial charge is 0.311 e. The van der Waals surface area contributed by atoms with E-state index in [2.05, 4.69) is 10.3 Å². The third-order valence-corrected chi connectivity index (χ3v) is 5.88. The number of para-hydroxylation sites is 1. The lowest BCUT2D eigenvalue weighted by atomic mass is 9.84. The summed E-state index contributed by atoms with van der Waals surface area (Å²) in [5.41, 5.74) is 3.26. The van der Waals surface area contributed by atoms with E-state index in [-0.39, 0.29) is 23.6 Å². The van der Waals surface area contributed by atoms with Gasteiger partial charge in [-0.25, -0.2) is 0 Å². The Morgan fingerprint density at radius 2 is 1.53 bits per heavy atom. The number of carbonyl (C=O) groups is 4. The van der Waals surface area contributed by atoms with E-state index in [1.807, 2.05) is 24.3 Å². The average Bonchev–Trinajstić information content (AvgIpc) is 3.25. The molecule has 3 aromatic carbocycles. The van der Waals surface area contributed by atoms with Crippen LogP contribution in [0.5, 0.6) is 0 Å². The van der Waals surface area contributed by atoms with E-state index in [0.29, 0.717) is 22.4 Å². The van der Waals surface area contributed by atoms with Gasteiger partial charge in [0.2, 0.25) is 0 Å². The van der Waals surface area contributed by atoms with E-state index in [1.54, 1.807) is 36.5 Å². The van der Waals surface area contributed by atoms with Crippen molar-refractivity contribution in [3.8, 4) is 0 Å². The van der Waals surface area contributed by atoms with Gasteiger partial charge in [-0.1, -0.05) is 42.5 Å². The summed E-state index contributed by atoms with van der Waals surface area (Å²) in [5, 5.41) is 3.58. The van der Waals surface area contributed by atoms with E-state index in [0.717, 1.165) is 16.5 Å². The molecule has 168 valence electrons. The highest BCUT2D eigenvalue weighted by Gasteiger charge is 2.29. The number of ether oxygens (including phenoxy) is 1. The van der Waals surface area contributed by atoms with Gasteiger partial charge in [0.1, 0.15) is 0 Å². The Kier molecular flexibility index (Phi) is 5.30. The first-order valence-corrected chi connectivity index (χ1v) is 10.8. The molecule has 0 saturated carbocycles. The van der Waals surface area contributed by atoms with Gasteiger partial charge in [0.25, 0.3) is 5.91 Å². The van der Waals surface area contributed by atoms with Crippen LogP contribution in [0.1, 0.15) is 44.3 Å². The Bertz CT molecular complexity index is 1480. The summed E-state index contributed by atoms with van der Waals surface area (Å²) in [5.74, 6) is -1.58. The van der Waals surface area contributed by atoms with Crippen molar-refractivity contribution in [2.75, 3.05) is 5.32 Å². The van der Waals surface area contributed by atoms with Crippen LogP contribution in [0.25, 0.3) is 10.9 Å². The van der Waals surface area contributed by atoms with Crippen LogP contribution in [0.2, 0.25) is 0 Å². The summed E-state index contributed by atoms with van der Waals surface area (Å²) in [7, 11) is 0. The molecule has 0 spiro atoms. The number of anilines is 1. The van der Waals surface area contributed by atoms with Gasteiger partial charge in [-0.05, 0) is 36.8 Å². The van der Waals surface area contributed by atoms with E-state index >= 15 is 0 Å². The predicted octanol–water partition coefficient (Wildman–Crippen LogP) is 4.06. The summed E-state index contributed by atoms with van der Waals surface area (Å²) >= 11 is 0. The van der Waals surface area contributed by atoms with Crippen LogP contribution in [0.15, 0.2) is 72.9 Å². The van der Waals surface area contributed by atoms with Crippen molar-refractivity contribution < 1.29 is 23.9 Å². The van der Waals surface area contributed by atoms with Crippen molar-refractivity contribution in [2.24, 2.45) is 0 Å². The highest BCUT2D eigenvalue weighted by atomic mass is 16.5. The van der Waals surface area contributed by atoms with Crippen molar-refractivity contribution >= 4 is 40.0 Å². The van der Waals surface area contributed by atoms with Gasteiger partial charge >= 0.3 is 5.97 Å². The summed E-state index contributed by atoms with van der Waals surface area (Å²) in [6.45, 7) is 1.48. The number of ketones is 2. The van der Waals surface area contributed by atoms with Crippen molar-refractivity contribution in [3.05, 3.63) is 101 Å². The normalized spacial score (nSPS) is 13.2. The SMILES string of the molecule is CC(OC(=O)Cc1c[nH]c2ccccc12)C(=O)Nc1ccc2c(c1)C(=O)c1ccccc1C2=O. The number of hydrogen-bond donors (Lipinski definition) is 2. The van der Waals surface area contributed by atoms with Crippen LogP contribution in [0.3, 0.4) is 0 Å². The third kappa shape index (κ3) is 3.77. The Morgan fingerprint density at radius 1 is 0.882 bits per heavy atom. The van der Waals surface area contributed by atoms with E-state index < -0.39 is 18.0 Å². The monoisotopic (exact) mass is 452 g/mol. The first-order chi connectivity index (χ1) is 16.4. The maximum Gasteiger partial charge on any atom is 0.311 e. The number of nitrogens with one attached hydrogen (secondary N) is 2. The quantitative estimate of drug-likeness (QED) is 0.391. The Labute approximate surface area is 194 Å². The molecule has 1 heterocycles. The summed E-state index contributed by atoms with van der Waals surface area (Å²) < 4.78 is 5.32. The number of H-pyrrole nitrogens is 1. The maximum absolute atomic E-state index is 12.9. The second kappa shape index (κ2) is 8.44. The highest BCUT2D eigenvalue weighted by Crippen LogP contribution is 2.29. The molecule has 7 nitrogen and oxygen atoms in total. The van der Waals surface area contributed by atoms with Crippen molar-refractivity contribution in [2.45, 2.75) is 19.4 Å². The second-order valence-corrected chi connectivity index (χ2v) is 8.12. The third-order valence-electron chi connectivity index (χ3n) is 5.88. The van der Waals surface area contributed by atoms with Gasteiger partial charge < -0.3 is 15.0 Å². The molecule has 1 aromatic heterocycles. The van der Waals surface area contributed by atoms with Crippen LogP contribution < -0.4 is 5.32 Å². The molecule has 5 rings (SSSR count). The fourth-order valence-electron chi connectivity index (χ4n) is 4.15. The fourth-order valence-corrected chi connectivity index (χ4v) is 4.15. The molecule has 0 aliphatic heterocycles. The van der Waals surface area contributed by atoms with Crippen LogP contribution >= 0.6 is 0 Å². The molecule has 4 aromatic rings. The maximum atomic E-state index is 12.9. The molecule has 34 heavy (non-hydrogen) atoms. The van der Waals surface area contributed by atoms with Crippen molar-refractivity contribution in [3.63, 3.8) is 0 Å². The largest absolute Gasteiger partial charge is 0.452 e. The molecular formula is C27H20N2O5. The Hall–Kier alpha value is -4.52. The minimum absolute atomic E-state index is 0.0243. The van der Waals surface area contributed by atoms with Crippen LogP contribution in [-0.2, 0) is 20.7 Å². The average molecular weight is 452 g/mol. The zero-order chi connectivity index (χ0) is 23.8. The molecule has 2 N–H and O–H groups in total. The number of fused-ring (bicyclic) bond motifs is 3. The number of aromatic nitrogens is 1. The topological polar surface area (TPSA) is 105 Å². The lowest BCUT2D eigenvalue weighted by molar-refractivity contribution is -0.152. The lowest BCUT2D eigenvalue weighted by Gasteiger charge is -2.19. The number of benzene rings is 3. The zero-order valence-electron chi connectivity index (χ0n) is 18.3. The lowest BCUT2D eigenvalue weighted by Crippen LogP contribution is -2.30. The van der Waals surface area contributed by atoms with Crippen LogP contribution in [-0.4, -0.2) is 34.5 Å². The molecular weight excluding hydrogens is 432 g/mol. The highest BCUT2D eigenvalue weighted by molar-refractivity contribution is 6.28. The van der Waals surface area contributed by atoms with Gasteiger partial charge in [-0.15, -0.1) is 0 Å². The van der Waals surface area contributed by atoms with Crippen molar-refractivity contribution in [1.82, 2.24) is 4.98 Å². The zero-order valence-corrected chi connectivity index (χ0v) is 18.3. The van der Waals surface area contributed by atoms with Gasteiger partial charge in [0.15, 0.2) is 17.7 Å². The predicted molar refractivity (Wildman–Crippen MR) is 126 cm³/mol. The molecule has 1 atom stereocenters. The number of esters is 1. The number of carbonyl (C=O) groups excluding carboxylic acids is 4. The van der Waals surface area contributed by atoms with Gasteiger partial charge in [-0.2, -0.15) is 0 Å². The van der Waals surface area contributed by atoms with Crippen LogP contribution in [0, 0.1) is 0 Å². The van der Waals surface area contributed by atoms with E-state index in [9.17, 15) is 19.2 Å². The molecule has 0 saturated heterocycles. The molecule has 0 fully saturated rings. The molecule has 1 amide bonds. The fraction of sp³-hybridized carbons (Fsp3) is 0.111. The van der Waals surface area contributed by atoms with Gasteiger partial charge in [0, 0.05) is 45.0 Å². The second-order valence-electron chi connectivity index (χ2n) is 8.12. The first kappa shape index (κ1) is 21.3. The molecule has 7 heteroatoms. The first-order valence-electron chi connectivity index (χ1n) is 10.8. The van der Waals surface area contributed by atoms with E-state index in [1.165, 1.54) is 19.1 Å². The van der Waals surface area contributed by atoms with Gasteiger partial charge in [-0.3, -0.25) is 19.2 Å². The molecule has 0 bridgehead atoms. The summed E-state index contributed by atoms with van der Waals surface area (Å²) in [4.78, 5) is 53.7. The minimum atomic E-state index is -1.05. The molecule has 1 aliphatic carbocycles. The minimum Gasteiger partial charge on any atom is -0.452 e. The Balaban J connectivity index is 1.26. The number of aromatic amines is 1. The summed E-state index contributed by atoms with van der Waals surface area (Å²) in [6.07, 6.45) is 0.725.